The number of fused-ring (bicyclic) bond motifs is 2. The fourth-order valence-electron chi connectivity index (χ4n) is 3.58. The van der Waals surface area contributed by atoms with Gasteiger partial charge in [-0.25, -0.2) is 0 Å². The zero-order valence-corrected chi connectivity index (χ0v) is 10.00. The summed E-state index contributed by atoms with van der Waals surface area (Å²) in [6, 6.07) is 0.388. The van der Waals surface area contributed by atoms with Gasteiger partial charge in [-0.05, 0) is 57.3 Å². The Bertz CT molecular complexity index is 243. The maximum Gasteiger partial charge on any atom is 0.0395 e. The zero-order valence-electron chi connectivity index (χ0n) is 10.00. The highest BCUT2D eigenvalue weighted by Crippen LogP contribution is 2.49. The predicted molar refractivity (Wildman–Crippen MR) is 64.1 cm³/mol. The lowest BCUT2D eigenvalue weighted by molar-refractivity contribution is 0.293. The first-order chi connectivity index (χ1) is 7.19. The van der Waals surface area contributed by atoms with Crippen molar-refractivity contribution >= 4 is 0 Å². The molecule has 2 heteroatoms. The second-order valence-electron chi connectivity index (χ2n) is 5.69. The molecule has 4 unspecified atom stereocenters. The van der Waals surface area contributed by atoms with Gasteiger partial charge >= 0.3 is 0 Å². The number of nitrogens with one attached hydrogen (secondary N) is 1. The van der Waals surface area contributed by atoms with Crippen LogP contribution in [0.15, 0.2) is 11.6 Å². The van der Waals surface area contributed by atoms with E-state index < -0.39 is 0 Å². The smallest absolute Gasteiger partial charge is 0.0395 e. The summed E-state index contributed by atoms with van der Waals surface area (Å²) in [6.45, 7) is 4.29. The standard InChI is InChI=1S/C13H24N2/c1-9(2)5-13(15-14)8-12-7-10-3-4-11(12)6-10/h5,10-13,15H,3-4,6-8,14H2,1-2H3. The fraction of sp³-hybridized carbons (Fsp3) is 0.846. The molecule has 0 spiro atoms. The summed E-state index contributed by atoms with van der Waals surface area (Å²) < 4.78 is 0. The lowest BCUT2D eigenvalue weighted by Crippen LogP contribution is -2.36. The van der Waals surface area contributed by atoms with E-state index in [4.69, 9.17) is 5.84 Å². The van der Waals surface area contributed by atoms with E-state index >= 15 is 0 Å². The van der Waals surface area contributed by atoms with Crippen molar-refractivity contribution in [3.8, 4) is 0 Å². The van der Waals surface area contributed by atoms with Crippen LogP contribution in [0, 0.1) is 17.8 Å². The van der Waals surface area contributed by atoms with E-state index in [2.05, 4.69) is 25.3 Å². The first kappa shape index (κ1) is 11.2. The average molecular weight is 208 g/mol. The molecule has 0 heterocycles. The quantitative estimate of drug-likeness (QED) is 0.423. The summed E-state index contributed by atoms with van der Waals surface area (Å²) in [5, 5.41) is 0. The van der Waals surface area contributed by atoms with Crippen LogP contribution >= 0.6 is 0 Å². The van der Waals surface area contributed by atoms with Crippen molar-refractivity contribution in [1.29, 1.82) is 0 Å². The molecule has 0 radical (unpaired) electrons. The zero-order chi connectivity index (χ0) is 10.8. The molecule has 0 aromatic carbocycles. The van der Waals surface area contributed by atoms with Crippen LogP contribution in [0.25, 0.3) is 0 Å². The van der Waals surface area contributed by atoms with Crippen molar-refractivity contribution in [3.05, 3.63) is 11.6 Å². The molecule has 2 aliphatic carbocycles. The summed E-state index contributed by atoms with van der Waals surface area (Å²) >= 11 is 0. The van der Waals surface area contributed by atoms with Crippen LogP contribution in [-0.2, 0) is 0 Å². The third-order valence-corrected chi connectivity index (χ3v) is 4.19. The minimum absolute atomic E-state index is 0.388. The number of hydrogen-bond donors (Lipinski definition) is 2. The first-order valence-electron chi connectivity index (χ1n) is 6.30. The molecule has 3 N–H and O–H groups in total. The minimum Gasteiger partial charge on any atom is -0.271 e. The Hall–Kier alpha value is -0.340. The molecule has 2 nitrogen and oxygen atoms in total. The SMILES string of the molecule is CC(C)=CC(CC1CC2CCC1C2)NN. The number of allylic oxidation sites excluding steroid dienone is 1. The molecule has 0 aliphatic heterocycles. The monoisotopic (exact) mass is 208 g/mol. The van der Waals surface area contributed by atoms with Gasteiger partial charge in [-0.1, -0.05) is 18.1 Å². The summed E-state index contributed by atoms with van der Waals surface area (Å²) in [5.41, 5.74) is 4.31. The molecule has 86 valence electrons. The number of hydrazine groups is 1. The normalized spacial score (nSPS) is 35.5. The lowest BCUT2D eigenvalue weighted by Gasteiger charge is -2.25. The van der Waals surface area contributed by atoms with Gasteiger partial charge in [-0.2, -0.15) is 0 Å². The maximum absolute atomic E-state index is 5.60. The van der Waals surface area contributed by atoms with E-state index in [0.29, 0.717) is 6.04 Å². The topological polar surface area (TPSA) is 38.0 Å². The van der Waals surface area contributed by atoms with E-state index in [-0.39, 0.29) is 0 Å². The van der Waals surface area contributed by atoms with Gasteiger partial charge in [0.2, 0.25) is 0 Å². The van der Waals surface area contributed by atoms with E-state index in [1.807, 2.05) is 0 Å². The summed E-state index contributed by atoms with van der Waals surface area (Å²) in [5.74, 6) is 8.59. The van der Waals surface area contributed by atoms with Gasteiger partial charge in [0.25, 0.3) is 0 Å². The van der Waals surface area contributed by atoms with Gasteiger partial charge in [0.15, 0.2) is 0 Å². The van der Waals surface area contributed by atoms with Crippen molar-refractivity contribution in [3.63, 3.8) is 0 Å². The second-order valence-corrected chi connectivity index (χ2v) is 5.69. The van der Waals surface area contributed by atoms with Crippen LogP contribution in [0.1, 0.15) is 46.0 Å². The molecule has 0 aromatic heterocycles. The molecule has 2 saturated carbocycles. The lowest BCUT2D eigenvalue weighted by atomic mass is 9.84. The molecule has 4 atom stereocenters. The average Bonchev–Trinajstić information content (AvgIpc) is 2.77. The van der Waals surface area contributed by atoms with Gasteiger partial charge in [-0.15, -0.1) is 0 Å². The largest absolute Gasteiger partial charge is 0.271 e. The number of nitrogens with two attached hydrogens (primary N) is 1. The Balaban J connectivity index is 1.87. The predicted octanol–water partition coefficient (Wildman–Crippen LogP) is 2.61. The van der Waals surface area contributed by atoms with Gasteiger partial charge in [0, 0.05) is 6.04 Å². The molecule has 15 heavy (non-hydrogen) atoms. The molecule has 2 fully saturated rings. The first-order valence-corrected chi connectivity index (χ1v) is 6.30. The maximum atomic E-state index is 5.60. The van der Waals surface area contributed by atoms with E-state index in [1.54, 1.807) is 0 Å². The van der Waals surface area contributed by atoms with Crippen LogP contribution in [0.4, 0.5) is 0 Å². The molecule has 0 amide bonds. The van der Waals surface area contributed by atoms with Crippen LogP contribution < -0.4 is 11.3 Å². The van der Waals surface area contributed by atoms with E-state index in [1.165, 1.54) is 37.7 Å². The van der Waals surface area contributed by atoms with Gasteiger partial charge in [0.05, 0.1) is 0 Å². The van der Waals surface area contributed by atoms with Crippen LogP contribution in [0.2, 0.25) is 0 Å². The minimum atomic E-state index is 0.388. The molecule has 0 aromatic rings. The van der Waals surface area contributed by atoms with Crippen molar-refractivity contribution in [1.82, 2.24) is 5.43 Å². The highest BCUT2D eigenvalue weighted by molar-refractivity contribution is 5.02. The molecule has 2 rings (SSSR count). The number of hydrogen-bond acceptors (Lipinski definition) is 2. The second kappa shape index (κ2) is 4.67. The van der Waals surface area contributed by atoms with Crippen molar-refractivity contribution in [2.45, 2.75) is 52.0 Å². The Kier molecular flexibility index (Phi) is 3.47. The summed E-state index contributed by atoms with van der Waals surface area (Å²) in [6.07, 6.45) is 9.43. The Morgan fingerprint density at radius 3 is 2.67 bits per heavy atom. The molecule has 2 aliphatic rings. The highest BCUT2D eigenvalue weighted by Gasteiger charge is 2.39. The van der Waals surface area contributed by atoms with Gasteiger partial charge < -0.3 is 0 Å². The molecular formula is C13H24N2. The Labute approximate surface area is 93.3 Å². The molecule has 2 bridgehead atoms. The van der Waals surface area contributed by atoms with Gasteiger partial charge in [0.1, 0.15) is 0 Å². The summed E-state index contributed by atoms with van der Waals surface area (Å²) in [4.78, 5) is 0. The van der Waals surface area contributed by atoms with Crippen molar-refractivity contribution < 1.29 is 0 Å². The Morgan fingerprint density at radius 2 is 2.20 bits per heavy atom. The molecular weight excluding hydrogens is 184 g/mol. The van der Waals surface area contributed by atoms with Crippen molar-refractivity contribution in [2.75, 3.05) is 0 Å². The number of rotatable bonds is 4. The van der Waals surface area contributed by atoms with Crippen LogP contribution in [0.5, 0.6) is 0 Å². The third-order valence-electron chi connectivity index (χ3n) is 4.19. The summed E-state index contributed by atoms with van der Waals surface area (Å²) in [7, 11) is 0. The van der Waals surface area contributed by atoms with Gasteiger partial charge in [-0.3, -0.25) is 11.3 Å². The van der Waals surface area contributed by atoms with E-state index in [9.17, 15) is 0 Å². The van der Waals surface area contributed by atoms with E-state index in [0.717, 1.165) is 17.8 Å². The third kappa shape index (κ3) is 2.61. The van der Waals surface area contributed by atoms with Crippen LogP contribution in [-0.4, -0.2) is 6.04 Å². The van der Waals surface area contributed by atoms with Crippen LogP contribution in [0.3, 0.4) is 0 Å². The Morgan fingerprint density at radius 1 is 1.40 bits per heavy atom. The highest BCUT2D eigenvalue weighted by atomic mass is 15.2. The fourth-order valence-corrected chi connectivity index (χ4v) is 3.58. The van der Waals surface area contributed by atoms with Crippen molar-refractivity contribution in [2.24, 2.45) is 23.6 Å². The molecule has 0 saturated heterocycles.